The van der Waals surface area contributed by atoms with Gasteiger partial charge in [0, 0.05) is 18.2 Å². The van der Waals surface area contributed by atoms with Crippen molar-refractivity contribution in [2.45, 2.75) is 26.8 Å². The molecule has 0 spiro atoms. The van der Waals surface area contributed by atoms with Crippen molar-refractivity contribution in [2.75, 3.05) is 32.8 Å². The zero-order valence-corrected chi connectivity index (χ0v) is 19.4. The molecule has 0 radical (unpaired) electrons. The molecule has 0 aromatic heterocycles. The Bertz CT molecular complexity index is 996. The number of ketones is 1. The van der Waals surface area contributed by atoms with E-state index in [1.807, 2.05) is 6.92 Å². The van der Waals surface area contributed by atoms with Gasteiger partial charge in [-0.2, -0.15) is 10.2 Å². The number of carbonyl (C=O) groups is 2. The summed E-state index contributed by atoms with van der Waals surface area (Å²) >= 11 is 6.33. The van der Waals surface area contributed by atoms with Crippen molar-refractivity contribution in [1.82, 2.24) is 0 Å². The fraction of sp³-hybridized carbons (Fsp3) is 0.364. The van der Waals surface area contributed by atoms with Crippen molar-refractivity contribution in [3.05, 3.63) is 35.4 Å². The van der Waals surface area contributed by atoms with E-state index in [2.05, 4.69) is 15.5 Å². The lowest BCUT2D eigenvalue weighted by Crippen LogP contribution is -2.32. The normalized spacial score (nSPS) is 11.7. The lowest BCUT2D eigenvalue weighted by atomic mass is 10.2. The highest BCUT2D eigenvalue weighted by molar-refractivity contribution is 6.34. The van der Waals surface area contributed by atoms with E-state index in [1.54, 1.807) is 37.3 Å². The summed E-state index contributed by atoms with van der Waals surface area (Å²) in [5.74, 6) is 0.542. The Morgan fingerprint density at radius 3 is 2.28 bits per heavy atom. The van der Waals surface area contributed by atoms with Crippen LogP contribution in [0, 0.1) is 0 Å². The summed E-state index contributed by atoms with van der Waals surface area (Å²) in [4.78, 5) is 25.0. The van der Waals surface area contributed by atoms with E-state index in [0.29, 0.717) is 41.9 Å². The number of Topliss-reactive ketones (excluding diaryl/α,β-unsaturated/α-hetero) is 1. The highest BCUT2D eigenvalue weighted by Crippen LogP contribution is 2.37. The van der Waals surface area contributed by atoms with Gasteiger partial charge < -0.3 is 24.3 Å². The van der Waals surface area contributed by atoms with Gasteiger partial charge in [-0.1, -0.05) is 11.6 Å². The molecular weight excluding hydrogens is 438 g/mol. The number of nitrogens with zero attached hydrogens (tertiary/aromatic N) is 2. The molecular formula is C22H26ClN3O6. The van der Waals surface area contributed by atoms with E-state index in [4.69, 9.17) is 30.5 Å². The number of methoxy groups -OCH3 is 2. The molecule has 172 valence electrons. The summed E-state index contributed by atoms with van der Waals surface area (Å²) in [6.45, 7) is 5.65. The van der Waals surface area contributed by atoms with Crippen LogP contribution in [-0.2, 0) is 9.59 Å². The fourth-order valence-electron chi connectivity index (χ4n) is 2.70. The Kier molecular flexibility index (Phi) is 9.27. The van der Waals surface area contributed by atoms with Gasteiger partial charge in [0.05, 0.1) is 32.5 Å². The van der Waals surface area contributed by atoms with Crippen LogP contribution < -0.4 is 24.3 Å². The summed E-state index contributed by atoms with van der Waals surface area (Å²) in [7, 11) is 2.99. The van der Waals surface area contributed by atoms with Crippen LogP contribution in [0.5, 0.6) is 23.0 Å². The van der Waals surface area contributed by atoms with Crippen LogP contribution in [0.2, 0.25) is 5.02 Å². The maximum atomic E-state index is 12.9. The Labute approximate surface area is 191 Å². The van der Waals surface area contributed by atoms with E-state index in [9.17, 15) is 9.59 Å². The first-order valence-electron chi connectivity index (χ1n) is 9.87. The Balaban J connectivity index is 2.32. The van der Waals surface area contributed by atoms with Crippen molar-refractivity contribution in [3.8, 4) is 23.0 Å². The quantitative estimate of drug-likeness (QED) is 0.377. The smallest absolute Gasteiger partial charge is 0.258 e. The number of anilines is 1. The van der Waals surface area contributed by atoms with Crippen LogP contribution in [0.4, 0.5) is 11.4 Å². The average molecular weight is 464 g/mol. The largest absolute Gasteiger partial charge is 0.497 e. The Hall–Kier alpha value is -3.33. The molecule has 32 heavy (non-hydrogen) atoms. The molecule has 0 aliphatic carbocycles. The van der Waals surface area contributed by atoms with Gasteiger partial charge in [-0.05, 0) is 32.9 Å². The zero-order valence-electron chi connectivity index (χ0n) is 18.6. The predicted molar refractivity (Wildman–Crippen MR) is 121 cm³/mol. The standard InChI is InChI=1S/C22H26ClN3O6/c1-6-31-15-10-16(23)21(19(12-15)32-7-2)24-22(28)20(13(3)27)26-25-17-9-8-14(29-4)11-18(17)30-5/h8-12,20H,6-7H2,1-5H3,(H,24,28). The van der Waals surface area contributed by atoms with Crippen molar-refractivity contribution in [1.29, 1.82) is 0 Å². The SMILES string of the molecule is CCOc1cc(Cl)c(NC(=O)C(N=Nc2ccc(OC)cc2OC)C(C)=O)c(OCC)c1. The maximum Gasteiger partial charge on any atom is 0.258 e. The van der Waals surface area contributed by atoms with E-state index in [1.165, 1.54) is 21.1 Å². The first-order valence-corrected chi connectivity index (χ1v) is 10.3. The number of rotatable bonds is 11. The number of hydrogen-bond donors (Lipinski definition) is 1. The number of amides is 1. The minimum atomic E-state index is -1.40. The summed E-state index contributed by atoms with van der Waals surface area (Å²) < 4.78 is 21.4. The van der Waals surface area contributed by atoms with Crippen molar-refractivity contribution < 1.29 is 28.5 Å². The number of halogens is 1. The van der Waals surface area contributed by atoms with Crippen LogP contribution in [0.25, 0.3) is 0 Å². The van der Waals surface area contributed by atoms with E-state index in [-0.39, 0.29) is 10.7 Å². The van der Waals surface area contributed by atoms with Gasteiger partial charge in [0.25, 0.3) is 5.91 Å². The molecule has 1 amide bonds. The molecule has 0 saturated carbocycles. The van der Waals surface area contributed by atoms with Crippen LogP contribution in [0.1, 0.15) is 20.8 Å². The van der Waals surface area contributed by atoms with Gasteiger partial charge in [-0.15, -0.1) is 0 Å². The summed E-state index contributed by atoms with van der Waals surface area (Å²) in [6, 6.07) is 6.64. The van der Waals surface area contributed by atoms with Crippen LogP contribution in [-0.4, -0.2) is 45.2 Å². The van der Waals surface area contributed by atoms with Crippen LogP contribution in [0.3, 0.4) is 0 Å². The fourth-order valence-corrected chi connectivity index (χ4v) is 2.94. The summed E-state index contributed by atoms with van der Waals surface area (Å²) in [6.07, 6.45) is 0. The third-order valence-corrected chi connectivity index (χ3v) is 4.49. The number of nitrogens with one attached hydrogen (secondary N) is 1. The minimum absolute atomic E-state index is 0.198. The molecule has 0 heterocycles. The highest BCUT2D eigenvalue weighted by atomic mass is 35.5. The second-order valence-corrected chi connectivity index (χ2v) is 6.81. The number of hydrogen-bond acceptors (Lipinski definition) is 8. The minimum Gasteiger partial charge on any atom is -0.497 e. The van der Waals surface area contributed by atoms with Crippen molar-refractivity contribution >= 4 is 34.7 Å². The van der Waals surface area contributed by atoms with E-state index < -0.39 is 17.7 Å². The molecule has 1 atom stereocenters. The second-order valence-electron chi connectivity index (χ2n) is 6.40. The van der Waals surface area contributed by atoms with Gasteiger partial charge >= 0.3 is 0 Å². The molecule has 0 aliphatic rings. The number of carbonyl (C=O) groups excluding carboxylic acids is 2. The van der Waals surface area contributed by atoms with Gasteiger partial charge in [-0.3, -0.25) is 9.59 Å². The Morgan fingerprint density at radius 1 is 1.00 bits per heavy atom. The third kappa shape index (κ3) is 6.34. The average Bonchev–Trinajstić information content (AvgIpc) is 2.76. The summed E-state index contributed by atoms with van der Waals surface area (Å²) in [5, 5.41) is 10.8. The molecule has 0 bridgehead atoms. The lowest BCUT2D eigenvalue weighted by Gasteiger charge is -2.16. The monoisotopic (exact) mass is 463 g/mol. The zero-order chi connectivity index (χ0) is 23.7. The topological polar surface area (TPSA) is 108 Å². The van der Waals surface area contributed by atoms with Crippen LogP contribution >= 0.6 is 11.6 Å². The second kappa shape index (κ2) is 11.9. The molecule has 1 N–H and O–H groups in total. The molecule has 0 fully saturated rings. The molecule has 10 heteroatoms. The first-order chi connectivity index (χ1) is 15.3. The van der Waals surface area contributed by atoms with Gasteiger partial charge in [0.1, 0.15) is 34.4 Å². The molecule has 2 rings (SSSR count). The molecule has 9 nitrogen and oxygen atoms in total. The number of benzene rings is 2. The third-order valence-electron chi connectivity index (χ3n) is 4.19. The number of ether oxygens (including phenoxy) is 4. The molecule has 2 aromatic carbocycles. The van der Waals surface area contributed by atoms with Crippen LogP contribution in [0.15, 0.2) is 40.6 Å². The molecule has 1 unspecified atom stereocenters. The van der Waals surface area contributed by atoms with Gasteiger partial charge in [0.2, 0.25) is 6.04 Å². The lowest BCUT2D eigenvalue weighted by molar-refractivity contribution is -0.126. The summed E-state index contributed by atoms with van der Waals surface area (Å²) in [5.41, 5.74) is 0.548. The molecule has 0 saturated heterocycles. The molecule has 0 aliphatic heterocycles. The van der Waals surface area contributed by atoms with Gasteiger partial charge in [0.15, 0.2) is 5.78 Å². The highest BCUT2D eigenvalue weighted by Gasteiger charge is 2.26. The van der Waals surface area contributed by atoms with E-state index >= 15 is 0 Å². The maximum absolute atomic E-state index is 12.9. The molecule has 2 aromatic rings. The van der Waals surface area contributed by atoms with E-state index in [0.717, 1.165) is 0 Å². The first kappa shape index (κ1) is 24.9. The number of azo groups is 1. The van der Waals surface area contributed by atoms with Crippen molar-refractivity contribution in [2.24, 2.45) is 10.2 Å². The van der Waals surface area contributed by atoms with Gasteiger partial charge in [-0.25, -0.2) is 0 Å². The predicted octanol–water partition coefficient (Wildman–Crippen LogP) is 4.83. The Morgan fingerprint density at radius 2 is 1.69 bits per heavy atom. The van der Waals surface area contributed by atoms with Crippen molar-refractivity contribution in [3.63, 3.8) is 0 Å².